The number of aromatic nitrogens is 2. The summed E-state index contributed by atoms with van der Waals surface area (Å²) in [5, 5.41) is 13.2. The Balaban J connectivity index is 1.87. The van der Waals surface area contributed by atoms with Crippen molar-refractivity contribution in [2.45, 2.75) is 19.9 Å². The molecule has 5 nitrogen and oxygen atoms in total. The number of anilines is 1. The number of benzene rings is 2. The second-order valence-corrected chi connectivity index (χ2v) is 7.77. The Morgan fingerprint density at radius 3 is 2.62 bits per heavy atom. The molecule has 0 bridgehead atoms. The number of aryl methyl sites for hydroxylation is 1. The van der Waals surface area contributed by atoms with Gasteiger partial charge in [0.05, 0.1) is 39.6 Å². The van der Waals surface area contributed by atoms with Crippen LogP contribution in [0.3, 0.4) is 0 Å². The molecule has 2 heterocycles. The number of halogens is 3. The molecule has 160 valence electrons. The molecule has 2 N–H and O–H groups in total. The summed E-state index contributed by atoms with van der Waals surface area (Å²) < 4.78 is 29.3. The third-order valence-corrected chi connectivity index (χ3v) is 5.69. The highest BCUT2D eigenvalue weighted by molar-refractivity contribution is 6.35. The van der Waals surface area contributed by atoms with Crippen LogP contribution in [0, 0.1) is 29.9 Å². The molecule has 0 saturated heterocycles. The van der Waals surface area contributed by atoms with Crippen LogP contribution in [0.25, 0.3) is 22.0 Å². The fourth-order valence-corrected chi connectivity index (χ4v) is 3.76. The second-order valence-electron chi connectivity index (χ2n) is 7.39. The minimum atomic E-state index is -0.549. The van der Waals surface area contributed by atoms with Crippen LogP contribution in [0.2, 0.25) is 5.02 Å². The number of pyridine rings is 2. The highest BCUT2D eigenvalue weighted by Crippen LogP contribution is 2.38. The highest BCUT2D eigenvalue weighted by Gasteiger charge is 2.19. The quantitative estimate of drug-likeness (QED) is 0.407. The Bertz CT molecular complexity index is 1440. The molecule has 0 unspecified atom stereocenters. The number of rotatable bonds is 4. The first-order chi connectivity index (χ1) is 15.3. The zero-order chi connectivity index (χ0) is 23.0. The molecule has 2 aromatic heterocycles. The molecule has 4 aromatic rings. The summed E-state index contributed by atoms with van der Waals surface area (Å²) in [5.41, 5.74) is 2.39. The van der Waals surface area contributed by atoms with Crippen LogP contribution in [0.4, 0.5) is 14.5 Å². The fourth-order valence-electron chi connectivity index (χ4n) is 3.56. The monoisotopic (exact) mass is 450 g/mol. The zero-order valence-electron chi connectivity index (χ0n) is 17.1. The van der Waals surface area contributed by atoms with Gasteiger partial charge in [-0.25, -0.2) is 8.78 Å². The number of hydrogen-bond acceptors (Lipinski definition) is 4. The van der Waals surface area contributed by atoms with Gasteiger partial charge in [0, 0.05) is 40.4 Å². The molecule has 8 heteroatoms. The van der Waals surface area contributed by atoms with Gasteiger partial charge < -0.3 is 10.3 Å². The third kappa shape index (κ3) is 3.93. The fraction of sp³-hybridized carbons (Fsp3) is 0.125. The number of nitrogens with one attached hydrogen (secondary N) is 2. The lowest BCUT2D eigenvalue weighted by molar-refractivity contribution is 0.600. The first kappa shape index (κ1) is 21.5. The summed E-state index contributed by atoms with van der Waals surface area (Å²) in [4.78, 5) is 18.3. The van der Waals surface area contributed by atoms with E-state index >= 15 is 0 Å². The SMILES string of the molecule is Cc1nc2cc(F)c(-c3ccc(=O)[nH]c3)cc2c(N[C@H](C)c2cc(C#N)ccc2F)c1Cl. The standard InChI is InChI=1S/C24H17ClF2N4O/c1-12(16-7-14(10-28)3-5-19(16)26)31-24-18-8-17(15-4-6-22(32)29-11-15)20(27)9-21(18)30-13(2)23(24)25/h3-9,11-12H,1-2H3,(H,29,32)(H,30,31)/t12-/m1/s1. The number of nitrogens with zero attached hydrogens (tertiary/aromatic N) is 2. The first-order valence-electron chi connectivity index (χ1n) is 9.73. The average Bonchev–Trinajstić information content (AvgIpc) is 2.77. The zero-order valence-corrected chi connectivity index (χ0v) is 17.9. The summed E-state index contributed by atoms with van der Waals surface area (Å²) in [6.07, 6.45) is 1.42. The Morgan fingerprint density at radius 2 is 1.94 bits per heavy atom. The molecule has 0 fully saturated rings. The van der Waals surface area contributed by atoms with Crippen LogP contribution in [0.15, 0.2) is 53.5 Å². The number of H-pyrrole nitrogens is 1. The van der Waals surface area contributed by atoms with E-state index in [1.807, 2.05) is 6.07 Å². The van der Waals surface area contributed by atoms with Crippen LogP contribution in [-0.2, 0) is 0 Å². The number of nitriles is 1. The molecule has 4 rings (SSSR count). The van der Waals surface area contributed by atoms with Crippen LogP contribution in [0.1, 0.15) is 29.8 Å². The lowest BCUT2D eigenvalue weighted by Gasteiger charge is -2.20. The normalized spacial score (nSPS) is 11.9. The van der Waals surface area contributed by atoms with Crippen LogP contribution < -0.4 is 10.9 Å². The summed E-state index contributed by atoms with van der Waals surface area (Å²) in [7, 11) is 0. The van der Waals surface area contributed by atoms with E-state index in [9.17, 15) is 13.6 Å². The van der Waals surface area contributed by atoms with E-state index < -0.39 is 17.7 Å². The molecule has 0 spiro atoms. The van der Waals surface area contributed by atoms with Crippen molar-refractivity contribution in [2.75, 3.05) is 5.32 Å². The van der Waals surface area contributed by atoms with E-state index in [1.165, 1.54) is 42.6 Å². The maximum Gasteiger partial charge on any atom is 0.247 e. The van der Waals surface area contributed by atoms with Crippen molar-refractivity contribution in [2.24, 2.45) is 0 Å². The maximum atomic E-state index is 14.9. The van der Waals surface area contributed by atoms with Gasteiger partial charge in [-0.05, 0) is 44.2 Å². The molecule has 0 saturated carbocycles. The smallest absolute Gasteiger partial charge is 0.247 e. The number of hydrogen-bond donors (Lipinski definition) is 2. The Morgan fingerprint density at radius 1 is 1.16 bits per heavy atom. The number of fused-ring (bicyclic) bond motifs is 1. The Labute approximate surface area is 187 Å². The summed E-state index contributed by atoms with van der Waals surface area (Å²) in [6, 6.07) is 11.3. The maximum absolute atomic E-state index is 14.9. The number of aromatic amines is 1. The molecular formula is C24H17ClF2N4O. The van der Waals surface area contributed by atoms with Gasteiger partial charge in [-0.1, -0.05) is 11.6 Å². The molecule has 1 atom stereocenters. The lowest BCUT2D eigenvalue weighted by atomic mass is 10.0. The van der Waals surface area contributed by atoms with Crippen molar-refractivity contribution >= 4 is 28.2 Å². The first-order valence-corrected chi connectivity index (χ1v) is 10.1. The molecule has 0 radical (unpaired) electrons. The van der Waals surface area contributed by atoms with Gasteiger partial charge in [-0.2, -0.15) is 5.26 Å². The Hall–Kier alpha value is -3.76. The van der Waals surface area contributed by atoms with E-state index in [1.54, 1.807) is 19.9 Å². The van der Waals surface area contributed by atoms with Crippen LogP contribution in [-0.4, -0.2) is 9.97 Å². The van der Waals surface area contributed by atoms with Crippen molar-refractivity contribution in [1.82, 2.24) is 9.97 Å². The highest BCUT2D eigenvalue weighted by atomic mass is 35.5. The molecule has 0 amide bonds. The van der Waals surface area contributed by atoms with Gasteiger partial charge >= 0.3 is 0 Å². The van der Waals surface area contributed by atoms with E-state index in [-0.39, 0.29) is 11.1 Å². The van der Waals surface area contributed by atoms with Crippen LogP contribution in [0.5, 0.6) is 0 Å². The van der Waals surface area contributed by atoms with Gasteiger partial charge in [0.25, 0.3) is 0 Å². The van der Waals surface area contributed by atoms with Crippen LogP contribution >= 0.6 is 11.6 Å². The van der Waals surface area contributed by atoms with Gasteiger partial charge in [-0.15, -0.1) is 0 Å². The van der Waals surface area contributed by atoms with E-state index in [2.05, 4.69) is 15.3 Å². The average molecular weight is 451 g/mol. The van der Waals surface area contributed by atoms with Crippen molar-refractivity contribution < 1.29 is 8.78 Å². The van der Waals surface area contributed by atoms with Gasteiger partial charge in [-0.3, -0.25) is 9.78 Å². The predicted octanol–water partition coefficient (Wildman–Crippen LogP) is 5.87. The lowest BCUT2D eigenvalue weighted by Crippen LogP contribution is -2.11. The molecule has 2 aromatic carbocycles. The molecule has 0 aliphatic carbocycles. The van der Waals surface area contributed by atoms with Gasteiger partial charge in [0.15, 0.2) is 0 Å². The van der Waals surface area contributed by atoms with E-state index in [0.29, 0.717) is 44.0 Å². The summed E-state index contributed by atoms with van der Waals surface area (Å²) in [5.74, 6) is -0.972. The Kier molecular flexibility index (Phi) is 5.64. The topological polar surface area (TPSA) is 81.6 Å². The minimum absolute atomic E-state index is 0.254. The van der Waals surface area contributed by atoms with Crippen molar-refractivity contribution in [3.63, 3.8) is 0 Å². The molecular weight excluding hydrogens is 434 g/mol. The summed E-state index contributed by atoms with van der Waals surface area (Å²) >= 11 is 6.55. The molecule has 0 aliphatic rings. The predicted molar refractivity (Wildman–Crippen MR) is 121 cm³/mol. The van der Waals surface area contributed by atoms with E-state index in [4.69, 9.17) is 16.9 Å². The van der Waals surface area contributed by atoms with Gasteiger partial charge in [0.2, 0.25) is 5.56 Å². The third-order valence-electron chi connectivity index (χ3n) is 5.23. The van der Waals surface area contributed by atoms with Gasteiger partial charge in [0.1, 0.15) is 11.6 Å². The van der Waals surface area contributed by atoms with Crippen molar-refractivity contribution in [1.29, 1.82) is 5.26 Å². The summed E-state index contributed by atoms with van der Waals surface area (Å²) in [6.45, 7) is 3.44. The molecule has 32 heavy (non-hydrogen) atoms. The van der Waals surface area contributed by atoms with E-state index in [0.717, 1.165) is 0 Å². The minimum Gasteiger partial charge on any atom is -0.377 e. The largest absolute Gasteiger partial charge is 0.377 e. The van der Waals surface area contributed by atoms with Crippen molar-refractivity contribution in [3.8, 4) is 17.2 Å². The second kappa shape index (κ2) is 8.40. The molecule has 0 aliphatic heterocycles. The van der Waals surface area contributed by atoms with Crippen molar-refractivity contribution in [3.05, 3.63) is 92.5 Å².